The topological polar surface area (TPSA) is 94.2 Å². The van der Waals surface area contributed by atoms with Crippen molar-refractivity contribution in [1.29, 1.82) is 0 Å². The Bertz CT molecular complexity index is 1260. The standard InChI is InChI=1S/C26H30N2O6S/c1-18-6-10-21(11-7-18)28(35(30,31)23-14-15-24(33-4)25(16-23)34-5)17-26(29)27-19(2)20-8-12-22(32-3)13-9-20/h6-16,19H,17H2,1-5H3,(H,27,29)/t19-/m1/s1. The molecule has 1 atom stereocenters. The van der Waals surface area contributed by atoms with E-state index in [1.165, 1.54) is 32.4 Å². The van der Waals surface area contributed by atoms with Crippen molar-refractivity contribution in [3.8, 4) is 17.2 Å². The number of benzene rings is 3. The van der Waals surface area contributed by atoms with Crippen LogP contribution in [-0.4, -0.2) is 42.2 Å². The summed E-state index contributed by atoms with van der Waals surface area (Å²) in [5.74, 6) is 0.936. The monoisotopic (exact) mass is 498 g/mol. The molecule has 0 unspecified atom stereocenters. The van der Waals surface area contributed by atoms with Crippen molar-refractivity contribution >= 4 is 21.6 Å². The van der Waals surface area contributed by atoms with Gasteiger partial charge in [-0.25, -0.2) is 8.42 Å². The summed E-state index contributed by atoms with van der Waals surface area (Å²) in [6.45, 7) is 3.33. The molecule has 0 bridgehead atoms. The van der Waals surface area contributed by atoms with E-state index in [1.807, 2.05) is 26.0 Å². The molecular weight excluding hydrogens is 468 g/mol. The van der Waals surface area contributed by atoms with Gasteiger partial charge in [0, 0.05) is 6.07 Å². The van der Waals surface area contributed by atoms with Gasteiger partial charge in [0.25, 0.3) is 10.0 Å². The van der Waals surface area contributed by atoms with Crippen LogP contribution in [0.1, 0.15) is 24.1 Å². The second-order valence-electron chi connectivity index (χ2n) is 7.93. The fourth-order valence-corrected chi connectivity index (χ4v) is 4.96. The number of anilines is 1. The quantitative estimate of drug-likeness (QED) is 0.452. The number of nitrogens with one attached hydrogen (secondary N) is 1. The predicted molar refractivity (Wildman–Crippen MR) is 135 cm³/mol. The number of carbonyl (C=O) groups is 1. The molecule has 35 heavy (non-hydrogen) atoms. The lowest BCUT2D eigenvalue weighted by Gasteiger charge is -2.25. The molecule has 0 fully saturated rings. The van der Waals surface area contributed by atoms with Crippen molar-refractivity contribution in [2.24, 2.45) is 0 Å². The van der Waals surface area contributed by atoms with E-state index in [4.69, 9.17) is 14.2 Å². The third-order valence-corrected chi connectivity index (χ3v) is 7.32. The van der Waals surface area contributed by atoms with E-state index in [2.05, 4.69) is 5.32 Å². The van der Waals surface area contributed by atoms with Gasteiger partial charge in [0.05, 0.1) is 38.0 Å². The average molecular weight is 499 g/mol. The van der Waals surface area contributed by atoms with Crippen molar-refractivity contribution in [2.45, 2.75) is 24.8 Å². The number of hydrogen-bond donors (Lipinski definition) is 1. The second kappa shape index (κ2) is 11.1. The predicted octanol–water partition coefficient (Wildman–Crippen LogP) is 4.09. The molecule has 0 aliphatic heterocycles. The fraction of sp³-hybridized carbons (Fsp3) is 0.269. The van der Waals surface area contributed by atoms with Gasteiger partial charge >= 0.3 is 0 Å². The van der Waals surface area contributed by atoms with Gasteiger partial charge in [0.15, 0.2) is 11.5 Å². The van der Waals surface area contributed by atoms with E-state index in [0.29, 0.717) is 17.2 Å². The normalized spacial score (nSPS) is 11.9. The van der Waals surface area contributed by atoms with Crippen LogP contribution in [0.5, 0.6) is 17.2 Å². The SMILES string of the molecule is COc1ccc([C@@H](C)NC(=O)CN(c2ccc(C)cc2)S(=O)(=O)c2ccc(OC)c(OC)c2)cc1. The third-order valence-electron chi connectivity index (χ3n) is 5.55. The van der Waals surface area contributed by atoms with Crippen LogP contribution in [0.25, 0.3) is 0 Å². The molecular formula is C26H30N2O6S. The smallest absolute Gasteiger partial charge is 0.264 e. The highest BCUT2D eigenvalue weighted by Crippen LogP contribution is 2.32. The van der Waals surface area contributed by atoms with Crippen LogP contribution in [0.2, 0.25) is 0 Å². The molecule has 3 aromatic carbocycles. The van der Waals surface area contributed by atoms with E-state index >= 15 is 0 Å². The zero-order valence-corrected chi connectivity index (χ0v) is 21.3. The number of carbonyl (C=O) groups excluding carboxylic acids is 1. The van der Waals surface area contributed by atoms with Crippen LogP contribution in [0.4, 0.5) is 5.69 Å². The minimum Gasteiger partial charge on any atom is -0.497 e. The summed E-state index contributed by atoms with van der Waals surface area (Å²) < 4.78 is 44.1. The molecule has 0 aliphatic rings. The second-order valence-corrected chi connectivity index (χ2v) is 9.79. The summed E-state index contributed by atoms with van der Waals surface area (Å²) in [5.41, 5.74) is 2.20. The van der Waals surface area contributed by atoms with E-state index < -0.39 is 22.5 Å². The average Bonchev–Trinajstić information content (AvgIpc) is 2.87. The number of rotatable bonds is 10. The molecule has 0 spiro atoms. The van der Waals surface area contributed by atoms with E-state index in [9.17, 15) is 13.2 Å². The number of methoxy groups -OCH3 is 3. The van der Waals surface area contributed by atoms with Gasteiger partial charge < -0.3 is 19.5 Å². The molecule has 8 nitrogen and oxygen atoms in total. The zero-order valence-electron chi connectivity index (χ0n) is 20.4. The highest BCUT2D eigenvalue weighted by molar-refractivity contribution is 7.92. The Balaban J connectivity index is 1.91. The summed E-state index contributed by atoms with van der Waals surface area (Å²) in [5, 5.41) is 2.88. The zero-order chi connectivity index (χ0) is 25.6. The molecule has 0 aromatic heterocycles. The maximum Gasteiger partial charge on any atom is 0.264 e. The highest BCUT2D eigenvalue weighted by atomic mass is 32.2. The highest BCUT2D eigenvalue weighted by Gasteiger charge is 2.29. The van der Waals surface area contributed by atoms with Gasteiger partial charge in [-0.1, -0.05) is 29.8 Å². The number of hydrogen-bond acceptors (Lipinski definition) is 6. The molecule has 3 aromatic rings. The van der Waals surface area contributed by atoms with Crippen LogP contribution < -0.4 is 23.8 Å². The molecule has 0 heterocycles. The summed E-state index contributed by atoms with van der Waals surface area (Å²) in [7, 11) is 0.375. The van der Waals surface area contributed by atoms with Gasteiger partial charge in [0.2, 0.25) is 5.91 Å². The van der Waals surface area contributed by atoms with E-state index in [1.54, 1.807) is 43.5 Å². The Kier molecular flexibility index (Phi) is 8.24. The molecule has 3 rings (SSSR count). The molecule has 0 saturated carbocycles. The lowest BCUT2D eigenvalue weighted by Crippen LogP contribution is -2.41. The van der Waals surface area contributed by atoms with Gasteiger partial charge in [-0.05, 0) is 55.8 Å². The summed E-state index contributed by atoms with van der Waals surface area (Å²) in [4.78, 5) is 13.0. The first-order valence-corrected chi connectivity index (χ1v) is 12.4. The van der Waals surface area contributed by atoms with Gasteiger partial charge in [0.1, 0.15) is 12.3 Å². The molecule has 1 amide bonds. The Hall–Kier alpha value is -3.72. The maximum atomic E-state index is 13.7. The van der Waals surface area contributed by atoms with Crippen molar-refractivity contribution in [3.05, 3.63) is 77.9 Å². The number of amides is 1. The Morgan fingerprint density at radius 1 is 0.886 bits per heavy atom. The van der Waals surface area contributed by atoms with Gasteiger partial charge in [-0.3, -0.25) is 9.10 Å². The third kappa shape index (κ3) is 6.05. The molecule has 0 saturated heterocycles. The first-order valence-electron chi connectivity index (χ1n) is 10.9. The first-order chi connectivity index (χ1) is 16.7. The number of sulfonamides is 1. The molecule has 1 N–H and O–H groups in total. The fourth-order valence-electron chi connectivity index (χ4n) is 3.52. The van der Waals surface area contributed by atoms with E-state index in [-0.39, 0.29) is 16.7 Å². The summed E-state index contributed by atoms with van der Waals surface area (Å²) in [6, 6.07) is 18.2. The van der Waals surface area contributed by atoms with Crippen LogP contribution in [0.15, 0.2) is 71.6 Å². The lowest BCUT2D eigenvalue weighted by molar-refractivity contribution is -0.120. The largest absolute Gasteiger partial charge is 0.497 e. The minimum atomic E-state index is -4.11. The number of ether oxygens (including phenoxy) is 3. The molecule has 0 aliphatic carbocycles. The molecule has 9 heteroatoms. The van der Waals surface area contributed by atoms with Crippen molar-refractivity contribution < 1.29 is 27.4 Å². The van der Waals surface area contributed by atoms with Crippen LogP contribution in [0, 0.1) is 6.92 Å². The van der Waals surface area contributed by atoms with Crippen LogP contribution >= 0.6 is 0 Å². The first kappa shape index (κ1) is 25.9. The van der Waals surface area contributed by atoms with Gasteiger partial charge in [-0.2, -0.15) is 0 Å². The molecule has 0 radical (unpaired) electrons. The maximum absolute atomic E-state index is 13.7. The Morgan fingerprint density at radius 3 is 2.09 bits per heavy atom. The van der Waals surface area contributed by atoms with Gasteiger partial charge in [-0.15, -0.1) is 0 Å². The number of nitrogens with zero attached hydrogens (tertiary/aromatic N) is 1. The van der Waals surface area contributed by atoms with Crippen molar-refractivity contribution in [1.82, 2.24) is 5.32 Å². The minimum absolute atomic E-state index is 0.0215. The molecule has 186 valence electrons. The summed E-state index contributed by atoms with van der Waals surface area (Å²) in [6.07, 6.45) is 0. The van der Waals surface area contributed by atoms with E-state index in [0.717, 1.165) is 15.4 Å². The van der Waals surface area contributed by atoms with Crippen LogP contribution in [-0.2, 0) is 14.8 Å². The van der Waals surface area contributed by atoms with Crippen molar-refractivity contribution in [3.63, 3.8) is 0 Å². The Morgan fingerprint density at radius 2 is 1.51 bits per heavy atom. The Labute approximate surface area is 206 Å². The lowest BCUT2D eigenvalue weighted by atomic mass is 10.1. The number of aryl methyl sites for hydroxylation is 1. The van der Waals surface area contributed by atoms with Crippen molar-refractivity contribution in [2.75, 3.05) is 32.2 Å². The van der Waals surface area contributed by atoms with Crippen LogP contribution in [0.3, 0.4) is 0 Å². The summed E-state index contributed by atoms with van der Waals surface area (Å²) >= 11 is 0.